The number of rotatable bonds is 3. The smallest absolute Gasteiger partial charge is 0.0308 e. The largest absolute Gasteiger partial charge is 0.330 e. The summed E-state index contributed by atoms with van der Waals surface area (Å²) in [7, 11) is 0. The fourth-order valence-electron chi connectivity index (χ4n) is 2.09. The van der Waals surface area contributed by atoms with E-state index < -0.39 is 0 Å². The van der Waals surface area contributed by atoms with Crippen molar-refractivity contribution in [3.8, 4) is 0 Å². The summed E-state index contributed by atoms with van der Waals surface area (Å²) in [6, 6.07) is 2.13. The van der Waals surface area contributed by atoms with E-state index in [9.17, 15) is 0 Å². The molecule has 0 saturated heterocycles. The Hall–Kier alpha value is -0.890. The topological polar surface area (TPSA) is 38.9 Å². The van der Waals surface area contributed by atoms with Gasteiger partial charge in [-0.2, -0.15) is 0 Å². The molecule has 1 aliphatic carbocycles. The Kier molecular flexibility index (Phi) is 2.31. The van der Waals surface area contributed by atoms with Crippen LogP contribution in [0.1, 0.15) is 43.7 Å². The van der Waals surface area contributed by atoms with Gasteiger partial charge in [-0.3, -0.25) is 4.98 Å². The molecule has 0 amide bonds. The van der Waals surface area contributed by atoms with Crippen molar-refractivity contribution < 1.29 is 0 Å². The first-order chi connectivity index (χ1) is 6.69. The maximum absolute atomic E-state index is 5.84. The lowest BCUT2D eigenvalue weighted by atomic mass is 9.88. The van der Waals surface area contributed by atoms with Crippen LogP contribution in [0.25, 0.3) is 0 Å². The molecule has 1 heterocycles. The van der Waals surface area contributed by atoms with Crippen molar-refractivity contribution in [3.05, 3.63) is 29.6 Å². The van der Waals surface area contributed by atoms with Crippen LogP contribution in [0.5, 0.6) is 0 Å². The minimum atomic E-state index is 0.272. The van der Waals surface area contributed by atoms with Crippen LogP contribution in [0.3, 0.4) is 0 Å². The Labute approximate surface area is 85.5 Å². The van der Waals surface area contributed by atoms with Gasteiger partial charge in [-0.15, -0.1) is 0 Å². The summed E-state index contributed by atoms with van der Waals surface area (Å²) in [5, 5.41) is 0. The van der Waals surface area contributed by atoms with Crippen LogP contribution in [-0.2, 0) is 5.41 Å². The summed E-state index contributed by atoms with van der Waals surface area (Å²) < 4.78 is 0. The maximum Gasteiger partial charge on any atom is 0.0308 e. The summed E-state index contributed by atoms with van der Waals surface area (Å²) in [5.41, 5.74) is 8.92. The number of aromatic nitrogens is 1. The average Bonchev–Trinajstić information content (AvgIpc) is 2.98. The van der Waals surface area contributed by atoms with E-state index in [4.69, 9.17) is 5.73 Å². The molecule has 2 rings (SSSR count). The van der Waals surface area contributed by atoms with Gasteiger partial charge >= 0.3 is 0 Å². The van der Waals surface area contributed by atoms with Gasteiger partial charge in [-0.25, -0.2) is 0 Å². The van der Waals surface area contributed by atoms with Crippen LogP contribution in [-0.4, -0.2) is 11.5 Å². The van der Waals surface area contributed by atoms with Crippen molar-refractivity contribution in [1.29, 1.82) is 0 Å². The van der Waals surface area contributed by atoms with Gasteiger partial charge in [0.15, 0.2) is 0 Å². The van der Waals surface area contributed by atoms with Gasteiger partial charge < -0.3 is 5.73 Å². The van der Waals surface area contributed by atoms with Gasteiger partial charge in [-0.1, -0.05) is 13.8 Å². The molecule has 0 spiro atoms. The summed E-state index contributed by atoms with van der Waals surface area (Å²) in [5.74, 6) is 0.567. The normalized spacial score (nSPS) is 18.6. The molecule has 1 aliphatic rings. The van der Waals surface area contributed by atoms with E-state index in [-0.39, 0.29) is 5.41 Å². The molecule has 76 valence electrons. The van der Waals surface area contributed by atoms with Gasteiger partial charge in [0.1, 0.15) is 0 Å². The van der Waals surface area contributed by atoms with Crippen LogP contribution in [0.2, 0.25) is 0 Å². The first kappa shape index (κ1) is 9.66. The summed E-state index contributed by atoms with van der Waals surface area (Å²) >= 11 is 0. The zero-order valence-electron chi connectivity index (χ0n) is 8.96. The highest BCUT2D eigenvalue weighted by Crippen LogP contribution is 2.49. The van der Waals surface area contributed by atoms with Crippen molar-refractivity contribution in [2.24, 2.45) is 5.73 Å². The van der Waals surface area contributed by atoms with Crippen molar-refractivity contribution in [1.82, 2.24) is 4.98 Å². The average molecular weight is 190 g/mol. The van der Waals surface area contributed by atoms with Crippen molar-refractivity contribution in [2.45, 2.75) is 38.0 Å². The molecule has 1 aromatic heterocycles. The number of nitrogens with two attached hydrogens (primary N) is 1. The standard InChI is InChI=1S/C12H18N2/c1-9(2)10-3-6-14-7-11(10)12(8-13)4-5-12/h3,6-7,9H,4-5,8,13H2,1-2H3. The molecular weight excluding hydrogens is 172 g/mol. The fraction of sp³-hybridized carbons (Fsp3) is 0.583. The number of pyridine rings is 1. The quantitative estimate of drug-likeness (QED) is 0.793. The minimum Gasteiger partial charge on any atom is -0.330 e. The zero-order valence-corrected chi connectivity index (χ0v) is 8.96. The van der Waals surface area contributed by atoms with E-state index in [0.717, 1.165) is 6.54 Å². The highest BCUT2D eigenvalue weighted by Gasteiger charge is 2.44. The lowest BCUT2D eigenvalue weighted by Gasteiger charge is -2.19. The molecule has 0 radical (unpaired) electrons. The molecule has 1 fully saturated rings. The predicted molar refractivity (Wildman–Crippen MR) is 58.3 cm³/mol. The van der Waals surface area contributed by atoms with Crippen molar-refractivity contribution >= 4 is 0 Å². The van der Waals surface area contributed by atoms with E-state index in [1.807, 2.05) is 12.4 Å². The molecule has 0 bridgehead atoms. The zero-order chi connectivity index (χ0) is 10.2. The highest BCUT2D eigenvalue weighted by atomic mass is 14.7. The second-order valence-corrected chi connectivity index (χ2v) is 4.60. The van der Waals surface area contributed by atoms with Crippen LogP contribution in [0, 0.1) is 0 Å². The van der Waals surface area contributed by atoms with Crippen LogP contribution in [0.4, 0.5) is 0 Å². The summed E-state index contributed by atoms with van der Waals surface area (Å²) in [6.07, 6.45) is 6.35. The second kappa shape index (κ2) is 3.35. The molecule has 0 aliphatic heterocycles. The number of hydrogen-bond acceptors (Lipinski definition) is 2. The van der Waals surface area contributed by atoms with Gasteiger partial charge in [0.2, 0.25) is 0 Å². The lowest BCUT2D eigenvalue weighted by Crippen LogP contribution is -2.21. The molecule has 1 aromatic rings. The molecule has 0 unspecified atom stereocenters. The molecule has 14 heavy (non-hydrogen) atoms. The van der Waals surface area contributed by atoms with E-state index in [1.54, 1.807) is 0 Å². The molecule has 1 saturated carbocycles. The minimum absolute atomic E-state index is 0.272. The highest BCUT2D eigenvalue weighted by molar-refractivity contribution is 5.38. The number of hydrogen-bond donors (Lipinski definition) is 1. The third-order valence-corrected chi connectivity index (χ3v) is 3.29. The van der Waals surface area contributed by atoms with E-state index >= 15 is 0 Å². The van der Waals surface area contributed by atoms with Gasteiger partial charge in [0.25, 0.3) is 0 Å². The third kappa shape index (κ3) is 1.44. The van der Waals surface area contributed by atoms with Crippen molar-refractivity contribution in [3.63, 3.8) is 0 Å². The van der Waals surface area contributed by atoms with Crippen LogP contribution >= 0.6 is 0 Å². The number of nitrogens with zero attached hydrogens (tertiary/aromatic N) is 1. The molecule has 2 nitrogen and oxygen atoms in total. The molecule has 0 atom stereocenters. The Morgan fingerprint density at radius 3 is 2.71 bits per heavy atom. The van der Waals surface area contributed by atoms with Gasteiger partial charge in [0, 0.05) is 24.4 Å². The Balaban J connectivity index is 2.42. The summed E-state index contributed by atoms with van der Waals surface area (Å²) in [6.45, 7) is 5.22. The molecule has 2 heteroatoms. The Bertz CT molecular complexity index is 327. The Morgan fingerprint density at radius 1 is 1.50 bits per heavy atom. The first-order valence-corrected chi connectivity index (χ1v) is 5.34. The monoisotopic (exact) mass is 190 g/mol. The predicted octanol–water partition coefficient (Wildman–Crippen LogP) is 2.20. The molecule has 0 aromatic carbocycles. The van der Waals surface area contributed by atoms with Crippen LogP contribution in [0.15, 0.2) is 18.5 Å². The van der Waals surface area contributed by atoms with E-state index in [2.05, 4.69) is 24.9 Å². The van der Waals surface area contributed by atoms with E-state index in [0.29, 0.717) is 5.92 Å². The first-order valence-electron chi connectivity index (χ1n) is 5.34. The lowest BCUT2D eigenvalue weighted by molar-refractivity contribution is 0.677. The second-order valence-electron chi connectivity index (χ2n) is 4.60. The maximum atomic E-state index is 5.84. The van der Waals surface area contributed by atoms with E-state index in [1.165, 1.54) is 24.0 Å². The van der Waals surface area contributed by atoms with Crippen molar-refractivity contribution in [2.75, 3.05) is 6.54 Å². The fourth-order valence-corrected chi connectivity index (χ4v) is 2.09. The molecule has 2 N–H and O–H groups in total. The van der Waals surface area contributed by atoms with Gasteiger partial charge in [-0.05, 0) is 36.0 Å². The summed E-state index contributed by atoms with van der Waals surface area (Å²) in [4.78, 5) is 4.23. The third-order valence-electron chi connectivity index (χ3n) is 3.29. The van der Waals surface area contributed by atoms with Crippen LogP contribution < -0.4 is 5.73 Å². The Morgan fingerprint density at radius 2 is 2.21 bits per heavy atom. The molecular formula is C12H18N2. The van der Waals surface area contributed by atoms with Gasteiger partial charge in [0.05, 0.1) is 0 Å². The SMILES string of the molecule is CC(C)c1ccncc1C1(CN)CC1.